The molecule has 1 fully saturated rings. The number of hydrogen-bond acceptors (Lipinski definition) is 6. The highest BCUT2D eigenvalue weighted by Gasteiger charge is 2.49. The van der Waals surface area contributed by atoms with Crippen LogP contribution in [0.2, 0.25) is 0 Å². The average Bonchev–Trinajstić information content (AvgIpc) is 3.08. The highest BCUT2D eigenvalue weighted by Crippen LogP contribution is 2.43. The number of carbonyl (C=O) groups excluding carboxylic acids is 1. The molecule has 1 aromatic rings. The van der Waals surface area contributed by atoms with Gasteiger partial charge in [-0.2, -0.15) is 5.06 Å². The van der Waals surface area contributed by atoms with E-state index >= 15 is 0 Å². The summed E-state index contributed by atoms with van der Waals surface area (Å²) in [5.41, 5.74) is 0.956. The number of benzene rings is 1. The van der Waals surface area contributed by atoms with E-state index in [2.05, 4.69) is 5.32 Å². The van der Waals surface area contributed by atoms with Crippen molar-refractivity contribution in [1.82, 2.24) is 15.3 Å². The Balaban J connectivity index is 1.83. The zero-order valence-corrected chi connectivity index (χ0v) is 16.8. The summed E-state index contributed by atoms with van der Waals surface area (Å²) in [6.45, 7) is 8.26. The summed E-state index contributed by atoms with van der Waals surface area (Å²) in [5, 5.41) is 14.0. The Morgan fingerprint density at radius 3 is 2.85 bits per heavy atom. The summed E-state index contributed by atoms with van der Waals surface area (Å²) in [5.74, 6) is 1.40. The Morgan fingerprint density at radius 2 is 2.15 bits per heavy atom. The van der Waals surface area contributed by atoms with Gasteiger partial charge in [0.2, 0.25) is 6.79 Å². The molecule has 0 bridgehead atoms. The summed E-state index contributed by atoms with van der Waals surface area (Å²) in [4.78, 5) is 14.2. The van der Waals surface area contributed by atoms with Gasteiger partial charge in [0.15, 0.2) is 11.5 Å². The largest absolute Gasteiger partial charge is 0.454 e. The van der Waals surface area contributed by atoms with Gasteiger partial charge in [0, 0.05) is 12.6 Å². The number of ether oxygens (including phenoxy) is 2. The maximum absolute atomic E-state index is 12.3. The Labute approximate surface area is 162 Å². The molecule has 26 heavy (non-hydrogen) atoms. The van der Waals surface area contributed by atoms with Crippen molar-refractivity contribution in [3.05, 3.63) is 23.8 Å². The van der Waals surface area contributed by atoms with Crippen molar-refractivity contribution in [2.24, 2.45) is 0 Å². The van der Waals surface area contributed by atoms with Gasteiger partial charge in [0.05, 0.1) is 4.75 Å². The van der Waals surface area contributed by atoms with Gasteiger partial charge in [-0.25, -0.2) is 4.79 Å². The van der Waals surface area contributed by atoms with E-state index < -0.39 is 16.9 Å². The van der Waals surface area contributed by atoms with Crippen molar-refractivity contribution in [3.63, 3.8) is 0 Å². The van der Waals surface area contributed by atoms with Crippen molar-refractivity contribution >= 4 is 34.3 Å². The van der Waals surface area contributed by atoms with Crippen LogP contribution in [-0.4, -0.2) is 49.3 Å². The van der Waals surface area contributed by atoms with E-state index in [-0.39, 0.29) is 12.8 Å². The van der Waals surface area contributed by atoms with Crippen LogP contribution in [0, 0.1) is 0 Å². The lowest BCUT2D eigenvalue weighted by Crippen LogP contribution is -2.57. The third-order valence-electron chi connectivity index (χ3n) is 4.14. The van der Waals surface area contributed by atoms with Crippen molar-refractivity contribution < 1.29 is 19.5 Å². The first-order chi connectivity index (χ1) is 12.2. The van der Waals surface area contributed by atoms with Gasteiger partial charge in [-0.1, -0.05) is 30.0 Å². The maximum Gasteiger partial charge on any atom is 0.343 e. The predicted octanol–water partition coefficient (Wildman–Crippen LogP) is 3.16. The second-order valence-electron chi connectivity index (χ2n) is 7.11. The number of fused-ring (bicyclic) bond motifs is 1. The van der Waals surface area contributed by atoms with E-state index in [9.17, 15) is 10.0 Å². The number of hydroxylamine groups is 2. The molecule has 2 heterocycles. The minimum Gasteiger partial charge on any atom is -0.454 e. The quantitative estimate of drug-likeness (QED) is 0.459. The third-order valence-corrected chi connectivity index (χ3v) is 5.77. The van der Waals surface area contributed by atoms with Gasteiger partial charge < -0.3 is 19.7 Å². The number of thioether (sulfide) groups is 1. The lowest BCUT2D eigenvalue weighted by molar-refractivity contribution is -0.120. The molecule has 0 saturated carbocycles. The van der Waals surface area contributed by atoms with Crippen molar-refractivity contribution in [3.8, 4) is 11.5 Å². The van der Waals surface area contributed by atoms with Crippen molar-refractivity contribution in [1.29, 1.82) is 0 Å². The summed E-state index contributed by atoms with van der Waals surface area (Å²) in [6.07, 6.45) is -0.593. The molecule has 9 heteroatoms. The molecule has 1 aromatic carbocycles. The molecule has 0 unspecified atom stereocenters. The molecule has 0 aliphatic carbocycles. The van der Waals surface area contributed by atoms with E-state index in [0.29, 0.717) is 22.4 Å². The Hall–Kier alpha value is -1.71. The van der Waals surface area contributed by atoms with E-state index in [1.165, 1.54) is 11.8 Å². The third kappa shape index (κ3) is 3.70. The van der Waals surface area contributed by atoms with Crippen molar-refractivity contribution in [2.45, 2.75) is 51.2 Å². The molecule has 0 spiro atoms. The molecule has 1 atom stereocenters. The molecule has 2 aliphatic rings. The molecule has 1 saturated heterocycles. The van der Waals surface area contributed by atoms with Crippen LogP contribution in [0.15, 0.2) is 18.2 Å². The molecule has 7 nitrogen and oxygen atoms in total. The van der Waals surface area contributed by atoms with Gasteiger partial charge in [-0.3, -0.25) is 5.21 Å². The molecule has 2 aliphatic heterocycles. The van der Waals surface area contributed by atoms with Crippen LogP contribution in [0.25, 0.3) is 0 Å². The number of hydrogen-bond donors (Lipinski definition) is 2. The van der Waals surface area contributed by atoms with Crippen LogP contribution in [0.4, 0.5) is 4.79 Å². The molecule has 142 valence electrons. The smallest absolute Gasteiger partial charge is 0.343 e. The Bertz CT molecular complexity index is 726. The first-order valence-corrected chi connectivity index (χ1v) is 9.58. The van der Waals surface area contributed by atoms with Crippen LogP contribution >= 0.6 is 24.0 Å². The topological polar surface area (TPSA) is 74.3 Å². The molecule has 0 aromatic heterocycles. The average molecular weight is 398 g/mol. The van der Waals surface area contributed by atoms with E-state index in [4.69, 9.17) is 21.7 Å². The standard InChI is InChI=1S/C17H23N3O4S2/c1-10(2)18-15(21)20(22)14-17(3,4)26-16(25)19(14)8-11-5-6-12-13(7-11)24-9-23-12/h5-7,10,14,22H,8-9H2,1-4H3,(H,18,21)/t14-/m1/s1. The van der Waals surface area contributed by atoms with Gasteiger partial charge in [-0.15, -0.1) is 0 Å². The van der Waals surface area contributed by atoms with Gasteiger partial charge in [0.25, 0.3) is 0 Å². The van der Waals surface area contributed by atoms with Gasteiger partial charge in [0.1, 0.15) is 10.5 Å². The van der Waals surface area contributed by atoms with Crippen LogP contribution in [0.3, 0.4) is 0 Å². The minimum atomic E-state index is -0.593. The van der Waals surface area contributed by atoms with Gasteiger partial charge >= 0.3 is 6.03 Å². The first-order valence-electron chi connectivity index (χ1n) is 8.36. The van der Waals surface area contributed by atoms with E-state index in [1.54, 1.807) is 0 Å². The monoisotopic (exact) mass is 397 g/mol. The van der Waals surface area contributed by atoms with Crippen molar-refractivity contribution in [2.75, 3.05) is 6.79 Å². The predicted molar refractivity (Wildman–Crippen MR) is 103 cm³/mol. The molecule has 0 radical (unpaired) electrons. The number of amides is 2. The highest BCUT2D eigenvalue weighted by atomic mass is 32.2. The lowest BCUT2D eigenvalue weighted by Gasteiger charge is -2.37. The number of carbonyl (C=O) groups is 1. The minimum absolute atomic E-state index is 0.0800. The number of urea groups is 1. The molecule has 2 N–H and O–H groups in total. The summed E-state index contributed by atoms with van der Waals surface area (Å²) in [6, 6.07) is 5.06. The number of thiocarbonyl (C=S) groups is 1. The lowest BCUT2D eigenvalue weighted by atomic mass is 10.1. The normalized spacial score (nSPS) is 20.6. The molecule has 3 rings (SSSR count). The molecular formula is C17H23N3O4S2. The SMILES string of the molecule is CC(C)NC(=O)N(O)[C@H]1N(Cc2ccc3c(c2)OCO3)C(=S)SC1(C)C. The van der Waals surface area contributed by atoms with Crippen LogP contribution in [0.1, 0.15) is 33.3 Å². The fraction of sp³-hybridized carbons (Fsp3) is 0.529. The van der Waals surface area contributed by atoms with E-state index in [1.807, 2.05) is 50.8 Å². The zero-order chi connectivity index (χ0) is 19.1. The molecule has 2 amide bonds. The highest BCUT2D eigenvalue weighted by molar-refractivity contribution is 8.24. The van der Waals surface area contributed by atoms with Crippen LogP contribution in [-0.2, 0) is 6.54 Å². The number of nitrogens with one attached hydrogen (secondary N) is 1. The zero-order valence-electron chi connectivity index (χ0n) is 15.2. The summed E-state index contributed by atoms with van der Waals surface area (Å²) < 4.78 is 10.9. The van der Waals surface area contributed by atoms with Crippen LogP contribution in [0.5, 0.6) is 11.5 Å². The number of nitrogens with zero attached hydrogens (tertiary/aromatic N) is 2. The first kappa shape index (κ1) is 19.1. The van der Waals surface area contributed by atoms with E-state index in [0.717, 1.165) is 10.6 Å². The van der Waals surface area contributed by atoms with Gasteiger partial charge in [-0.05, 0) is 45.4 Å². The maximum atomic E-state index is 12.3. The fourth-order valence-electron chi connectivity index (χ4n) is 3.05. The fourth-order valence-corrected chi connectivity index (χ4v) is 4.92. The van der Waals surface area contributed by atoms with Crippen LogP contribution < -0.4 is 14.8 Å². The Kier molecular flexibility index (Phi) is 5.23. The molecular weight excluding hydrogens is 374 g/mol. The Morgan fingerprint density at radius 1 is 1.46 bits per heavy atom. The summed E-state index contributed by atoms with van der Waals surface area (Å²) in [7, 11) is 0. The second kappa shape index (κ2) is 7.13. The number of rotatable bonds is 4. The summed E-state index contributed by atoms with van der Waals surface area (Å²) >= 11 is 6.99. The second-order valence-corrected chi connectivity index (χ2v) is 9.40.